The van der Waals surface area contributed by atoms with Gasteiger partial charge < -0.3 is 19.4 Å². The van der Waals surface area contributed by atoms with E-state index in [1.165, 1.54) is 12.4 Å². The first-order valence-electron chi connectivity index (χ1n) is 14.2. The maximum absolute atomic E-state index is 15.4. The van der Waals surface area contributed by atoms with E-state index < -0.39 is 0 Å². The molecule has 0 unspecified atom stereocenters. The van der Waals surface area contributed by atoms with Crippen molar-refractivity contribution in [3.63, 3.8) is 0 Å². The SMILES string of the molecule is Cc1cc(-c2ccc(F)c3c(N4CCC(c5noc(C(C)C)n5)CC4)ncnc23)ccc1N1CCN(CCO)C1=O. The number of rotatable bonds is 7. The van der Waals surface area contributed by atoms with Crippen LogP contribution in [-0.4, -0.2) is 75.5 Å². The number of nitrogens with zero attached hydrogens (tertiary/aromatic N) is 7. The molecule has 6 rings (SSSR count). The van der Waals surface area contributed by atoms with Crippen molar-refractivity contribution in [3.8, 4) is 11.1 Å². The van der Waals surface area contributed by atoms with Crippen molar-refractivity contribution in [2.24, 2.45) is 0 Å². The van der Waals surface area contributed by atoms with E-state index in [4.69, 9.17) is 4.52 Å². The number of halogens is 1. The molecule has 4 aromatic rings. The number of aliphatic hydroxyl groups excluding tert-OH is 1. The molecule has 0 aliphatic carbocycles. The lowest BCUT2D eigenvalue weighted by molar-refractivity contribution is 0.199. The molecule has 2 aliphatic heterocycles. The molecule has 2 amide bonds. The zero-order valence-electron chi connectivity index (χ0n) is 23.5. The summed E-state index contributed by atoms with van der Waals surface area (Å²) < 4.78 is 20.8. The molecule has 0 saturated carbocycles. The Labute approximate surface area is 237 Å². The number of fused-ring (bicyclic) bond motifs is 1. The molecule has 2 fully saturated rings. The van der Waals surface area contributed by atoms with Gasteiger partial charge in [-0.1, -0.05) is 25.1 Å². The molecule has 10 nitrogen and oxygen atoms in total. The topological polar surface area (TPSA) is 112 Å². The van der Waals surface area contributed by atoms with Gasteiger partial charge in [-0.25, -0.2) is 19.2 Å². The van der Waals surface area contributed by atoms with Gasteiger partial charge in [0.15, 0.2) is 5.82 Å². The highest BCUT2D eigenvalue weighted by atomic mass is 19.1. The Morgan fingerprint density at radius 2 is 1.90 bits per heavy atom. The predicted molar refractivity (Wildman–Crippen MR) is 154 cm³/mol. The Morgan fingerprint density at radius 1 is 1.10 bits per heavy atom. The standard InChI is InChI=1S/C30H34FN7O3/c1-18(2)29-34-27(35-41-29)20-8-10-36(11-9-20)28-25-23(31)6-5-22(26(25)32-17-33-28)21-4-7-24(19(3)16-21)38-13-12-37(14-15-39)30(38)40/h4-7,16-18,20,39H,8-15H2,1-3H3. The van der Waals surface area contributed by atoms with E-state index in [-0.39, 0.29) is 30.3 Å². The molecular weight excluding hydrogens is 525 g/mol. The summed E-state index contributed by atoms with van der Waals surface area (Å²) in [6, 6.07) is 9.00. The first-order chi connectivity index (χ1) is 19.9. The maximum Gasteiger partial charge on any atom is 0.324 e. The number of urea groups is 1. The minimum atomic E-state index is -0.360. The monoisotopic (exact) mass is 559 g/mol. The molecule has 4 heterocycles. The fourth-order valence-electron chi connectivity index (χ4n) is 5.85. The van der Waals surface area contributed by atoms with Gasteiger partial charge in [-0.15, -0.1) is 0 Å². The molecule has 41 heavy (non-hydrogen) atoms. The van der Waals surface area contributed by atoms with E-state index in [0.29, 0.717) is 55.3 Å². The van der Waals surface area contributed by atoms with E-state index >= 15 is 4.39 Å². The second kappa shape index (κ2) is 11.0. The van der Waals surface area contributed by atoms with Crippen LogP contribution in [0, 0.1) is 12.7 Å². The largest absolute Gasteiger partial charge is 0.395 e. The molecule has 2 aromatic heterocycles. The molecule has 0 atom stereocenters. The summed E-state index contributed by atoms with van der Waals surface area (Å²) in [6.07, 6.45) is 3.13. The quantitative estimate of drug-likeness (QED) is 0.341. The Kier molecular flexibility index (Phi) is 7.29. The van der Waals surface area contributed by atoms with Crippen LogP contribution >= 0.6 is 0 Å². The van der Waals surface area contributed by atoms with Gasteiger partial charge in [0.1, 0.15) is 18.0 Å². The molecule has 214 valence electrons. The van der Waals surface area contributed by atoms with Crippen LogP contribution < -0.4 is 9.80 Å². The maximum atomic E-state index is 15.4. The summed E-state index contributed by atoms with van der Waals surface area (Å²) >= 11 is 0. The summed E-state index contributed by atoms with van der Waals surface area (Å²) in [5.74, 6) is 1.99. The number of aromatic nitrogens is 4. The van der Waals surface area contributed by atoms with Gasteiger partial charge in [0.2, 0.25) is 5.89 Å². The number of piperidine rings is 1. The molecule has 0 spiro atoms. The third kappa shape index (κ3) is 4.99. The van der Waals surface area contributed by atoms with Gasteiger partial charge in [-0.05, 0) is 55.2 Å². The number of aryl methyl sites for hydroxylation is 1. The fraction of sp³-hybridized carbons (Fsp3) is 0.433. The molecule has 0 radical (unpaired) electrons. The number of aliphatic hydroxyl groups is 1. The number of amides is 2. The minimum Gasteiger partial charge on any atom is -0.395 e. The lowest BCUT2D eigenvalue weighted by atomic mass is 9.95. The van der Waals surface area contributed by atoms with Crippen LogP contribution in [0.5, 0.6) is 0 Å². The summed E-state index contributed by atoms with van der Waals surface area (Å²) in [6.45, 7) is 8.81. The Morgan fingerprint density at radius 3 is 2.61 bits per heavy atom. The Balaban J connectivity index is 1.27. The van der Waals surface area contributed by atoms with Crippen molar-refractivity contribution in [2.75, 3.05) is 49.1 Å². The van der Waals surface area contributed by atoms with E-state index in [1.807, 2.05) is 39.0 Å². The van der Waals surface area contributed by atoms with E-state index in [2.05, 4.69) is 25.0 Å². The van der Waals surface area contributed by atoms with Crippen LogP contribution in [-0.2, 0) is 0 Å². The van der Waals surface area contributed by atoms with Gasteiger partial charge >= 0.3 is 6.03 Å². The smallest absolute Gasteiger partial charge is 0.324 e. The molecule has 11 heteroatoms. The predicted octanol–water partition coefficient (Wildman–Crippen LogP) is 4.87. The van der Waals surface area contributed by atoms with Gasteiger partial charge in [0, 0.05) is 55.8 Å². The number of carbonyl (C=O) groups excluding carboxylic acids is 1. The minimum absolute atomic E-state index is 0.0606. The second-order valence-electron chi connectivity index (χ2n) is 11.1. The van der Waals surface area contributed by atoms with E-state index in [9.17, 15) is 9.90 Å². The summed E-state index contributed by atoms with van der Waals surface area (Å²) in [5, 5.41) is 13.8. The fourth-order valence-corrected chi connectivity index (χ4v) is 5.85. The summed E-state index contributed by atoms with van der Waals surface area (Å²) in [7, 11) is 0. The van der Waals surface area contributed by atoms with Crippen molar-refractivity contribution in [2.45, 2.75) is 45.4 Å². The number of carbonyl (C=O) groups is 1. The van der Waals surface area contributed by atoms with Crippen molar-refractivity contribution in [1.29, 1.82) is 0 Å². The summed E-state index contributed by atoms with van der Waals surface area (Å²) in [5.41, 5.74) is 3.99. The number of anilines is 2. The van der Waals surface area contributed by atoms with Crippen LogP contribution in [0.4, 0.5) is 20.7 Å². The zero-order valence-corrected chi connectivity index (χ0v) is 23.5. The lowest BCUT2D eigenvalue weighted by Crippen LogP contribution is -2.34. The van der Waals surface area contributed by atoms with E-state index in [1.54, 1.807) is 15.9 Å². The highest BCUT2D eigenvalue weighted by Crippen LogP contribution is 2.37. The van der Waals surface area contributed by atoms with Crippen LogP contribution in [0.25, 0.3) is 22.0 Å². The Bertz CT molecular complexity index is 1580. The molecule has 2 saturated heterocycles. The molecule has 0 bridgehead atoms. The van der Waals surface area contributed by atoms with Gasteiger partial charge in [0.05, 0.1) is 17.5 Å². The van der Waals surface area contributed by atoms with Crippen LogP contribution in [0.1, 0.15) is 55.8 Å². The number of hydrogen-bond donors (Lipinski definition) is 1. The van der Waals surface area contributed by atoms with Crippen molar-refractivity contribution in [1.82, 2.24) is 25.0 Å². The van der Waals surface area contributed by atoms with Gasteiger partial charge in [0.25, 0.3) is 0 Å². The second-order valence-corrected chi connectivity index (χ2v) is 11.1. The first kappa shape index (κ1) is 27.1. The lowest BCUT2D eigenvalue weighted by Gasteiger charge is -2.32. The average molecular weight is 560 g/mol. The highest BCUT2D eigenvalue weighted by molar-refractivity contribution is 6.00. The van der Waals surface area contributed by atoms with Crippen molar-refractivity contribution < 1.29 is 18.8 Å². The first-order valence-corrected chi connectivity index (χ1v) is 14.2. The number of benzene rings is 2. The van der Waals surface area contributed by atoms with Crippen molar-refractivity contribution in [3.05, 3.63) is 59.8 Å². The third-order valence-electron chi connectivity index (χ3n) is 8.09. The van der Waals surface area contributed by atoms with Crippen LogP contribution in [0.2, 0.25) is 0 Å². The van der Waals surface area contributed by atoms with Crippen LogP contribution in [0.3, 0.4) is 0 Å². The van der Waals surface area contributed by atoms with Gasteiger partial charge in [-0.2, -0.15) is 4.98 Å². The number of β-amino-alcohol motifs (C(OH)–C–C–N with tert-alkyl or cyclic N) is 1. The average Bonchev–Trinajstić information content (AvgIpc) is 3.61. The normalized spacial score (nSPS) is 16.5. The highest BCUT2D eigenvalue weighted by Gasteiger charge is 2.31. The van der Waals surface area contributed by atoms with E-state index in [0.717, 1.165) is 41.0 Å². The van der Waals surface area contributed by atoms with Gasteiger partial charge in [-0.3, -0.25) is 4.90 Å². The summed E-state index contributed by atoms with van der Waals surface area (Å²) in [4.78, 5) is 31.9. The number of hydrogen-bond acceptors (Lipinski definition) is 8. The zero-order chi connectivity index (χ0) is 28.7. The Hall–Kier alpha value is -4.12. The molecule has 2 aliphatic rings. The van der Waals surface area contributed by atoms with Crippen molar-refractivity contribution >= 4 is 28.4 Å². The molecular formula is C30H34FN7O3. The van der Waals surface area contributed by atoms with Crippen LogP contribution in [0.15, 0.2) is 41.2 Å². The third-order valence-corrected chi connectivity index (χ3v) is 8.09. The molecule has 2 aromatic carbocycles. The molecule has 1 N–H and O–H groups in total.